The summed E-state index contributed by atoms with van der Waals surface area (Å²) < 4.78 is 45.7. The number of carbonyl (C=O) groups excluding carboxylic acids is 5. The highest BCUT2D eigenvalue weighted by Gasteiger charge is 2.29. The molecule has 19 nitrogen and oxygen atoms in total. The topological polar surface area (TPSA) is 268 Å². The maximum Gasteiger partial charge on any atom is 0.519 e. The zero-order valence-corrected chi connectivity index (χ0v) is 30.0. The van der Waals surface area contributed by atoms with Crippen molar-refractivity contribution in [2.75, 3.05) is 40.6 Å². The maximum atomic E-state index is 11.7. The third kappa shape index (κ3) is 11.2. The van der Waals surface area contributed by atoms with Crippen molar-refractivity contribution in [3.8, 4) is 11.5 Å². The number of aromatic hydroxyl groups is 2. The first-order chi connectivity index (χ1) is 24.3. The number of methoxy groups -OCH3 is 2. The third-order valence-corrected chi connectivity index (χ3v) is 8.15. The number of ether oxygens (including phenoxy) is 6. The molecular formula is C29H30O19S3. The van der Waals surface area contributed by atoms with Crippen LogP contribution >= 0.6 is 34.0 Å². The van der Waals surface area contributed by atoms with Crippen LogP contribution in [0, 0.1) is 0 Å². The molecule has 0 radical (unpaired) electrons. The van der Waals surface area contributed by atoms with Crippen LogP contribution in [-0.2, 0) is 28.4 Å². The van der Waals surface area contributed by atoms with Crippen molar-refractivity contribution in [1.82, 2.24) is 0 Å². The predicted molar refractivity (Wildman–Crippen MR) is 176 cm³/mol. The minimum atomic E-state index is -0.992. The van der Waals surface area contributed by atoms with Crippen molar-refractivity contribution in [1.29, 1.82) is 0 Å². The Morgan fingerprint density at radius 1 is 0.569 bits per heavy atom. The van der Waals surface area contributed by atoms with E-state index in [1.54, 1.807) is 38.5 Å². The Labute approximate surface area is 297 Å². The summed E-state index contributed by atoms with van der Waals surface area (Å²) in [5.41, 5.74) is 0.892. The molecular weight excluding hydrogens is 749 g/mol. The Hall–Kier alpha value is -5.61. The summed E-state index contributed by atoms with van der Waals surface area (Å²) in [7, 11) is 2.51. The van der Waals surface area contributed by atoms with Crippen LogP contribution in [-0.4, -0.2) is 80.9 Å². The highest BCUT2D eigenvalue weighted by molar-refractivity contribution is 7.17. The Bertz CT molecular complexity index is 1920. The van der Waals surface area contributed by atoms with E-state index >= 15 is 0 Å². The van der Waals surface area contributed by atoms with Gasteiger partial charge in [-0.05, 0) is 27.7 Å². The molecule has 0 fully saturated rings. The molecule has 0 amide bonds. The lowest BCUT2D eigenvalue weighted by Crippen LogP contribution is -2.04. The molecule has 0 atom stereocenters. The van der Waals surface area contributed by atoms with E-state index in [0.717, 1.165) is 11.3 Å². The van der Waals surface area contributed by atoms with Gasteiger partial charge in [-0.1, -0.05) is 0 Å². The third-order valence-electron chi connectivity index (χ3n) is 5.21. The standard InChI is InChI=1S/C11H10O7S.C10H12O6S.C5H2O3S.C3H6O3/c1-3-15-9(12)7-5-6(18-11(14)17-5)8(19-7)10(13)16-4-2;1-3-15-9(13)7-5(11)6(12)8(17-7)10(14)16-4-2;6-5-7-3-1-9-2-4(3)8-5;1-5-3(4)6-2/h3-4H2,1-2H3;11-12H,3-4H2,1-2H3;1-2H;1-2H3. The highest BCUT2D eigenvalue weighted by atomic mass is 32.1. The van der Waals surface area contributed by atoms with Gasteiger partial charge in [0.25, 0.3) is 0 Å². The highest BCUT2D eigenvalue weighted by Crippen LogP contribution is 2.41. The minimum Gasteiger partial charge on any atom is -0.503 e. The second-order valence-electron chi connectivity index (χ2n) is 8.42. The SMILES string of the molecule is CCOC(=O)c1sc(C(=O)OCC)c(O)c1O.CCOC(=O)c1sc(C(=O)OCC)c2oc(=O)oc12.COC(=O)OC.O=c1oc2cscc2o1. The van der Waals surface area contributed by atoms with Crippen molar-refractivity contribution in [3.63, 3.8) is 0 Å². The summed E-state index contributed by atoms with van der Waals surface area (Å²) >= 11 is 2.88. The van der Waals surface area contributed by atoms with E-state index in [1.807, 2.05) is 0 Å². The second kappa shape index (κ2) is 20.2. The number of hydrogen-bond donors (Lipinski definition) is 2. The van der Waals surface area contributed by atoms with Crippen LogP contribution in [0.4, 0.5) is 4.79 Å². The summed E-state index contributed by atoms with van der Waals surface area (Å²) in [5, 5.41) is 22.4. The van der Waals surface area contributed by atoms with Crippen molar-refractivity contribution in [2.24, 2.45) is 0 Å². The second-order valence-corrected chi connectivity index (χ2v) is 11.2. The quantitative estimate of drug-likeness (QED) is 0.152. The van der Waals surface area contributed by atoms with Gasteiger partial charge in [0.15, 0.2) is 42.2 Å². The molecule has 0 bridgehead atoms. The zero-order valence-electron chi connectivity index (χ0n) is 27.5. The van der Waals surface area contributed by atoms with E-state index in [-0.39, 0.29) is 57.1 Å². The van der Waals surface area contributed by atoms with Crippen LogP contribution in [0.2, 0.25) is 0 Å². The average molecular weight is 779 g/mol. The first kappa shape index (κ1) is 41.6. The molecule has 0 unspecified atom stereocenters. The molecule has 0 aliphatic heterocycles. The Morgan fingerprint density at radius 2 is 0.882 bits per heavy atom. The van der Waals surface area contributed by atoms with Gasteiger partial charge in [0, 0.05) is 10.8 Å². The fraction of sp³-hybridized carbons (Fsp3) is 0.345. The van der Waals surface area contributed by atoms with E-state index < -0.39 is 53.2 Å². The van der Waals surface area contributed by atoms with Crippen LogP contribution in [0.15, 0.2) is 38.0 Å². The summed E-state index contributed by atoms with van der Waals surface area (Å²) in [6, 6.07) is 0. The van der Waals surface area contributed by atoms with Gasteiger partial charge >= 0.3 is 41.7 Å². The average Bonchev–Trinajstić information content (AvgIpc) is 3.90. The minimum absolute atomic E-state index is 0.00533. The molecule has 0 saturated heterocycles. The number of rotatable bonds is 8. The number of fused-ring (bicyclic) bond motifs is 2. The molecule has 5 heterocycles. The first-order valence-electron chi connectivity index (χ1n) is 14.1. The monoisotopic (exact) mass is 778 g/mol. The van der Waals surface area contributed by atoms with Crippen molar-refractivity contribution in [3.05, 3.63) is 51.5 Å². The molecule has 0 saturated carbocycles. The molecule has 0 spiro atoms. The first-order valence-corrected chi connectivity index (χ1v) is 16.7. The van der Waals surface area contributed by atoms with Gasteiger partial charge in [-0.25, -0.2) is 33.6 Å². The van der Waals surface area contributed by atoms with Crippen LogP contribution < -0.4 is 11.6 Å². The fourth-order valence-corrected chi connectivity index (χ4v) is 5.69. The Morgan fingerprint density at radius 3 is 1.20 bits per heavy atom. The summed E-state index contributed by atoms with van der Waals surface area (Å²) in [5.74, 6) is -5.88. The van der Waals surface area contributed by atoms with Gasteiger partial charge in [-0.15, -0.1) is 34.0 Å². The van der Waals surface area contributed by atoms with E-state index in [0.29, 0.717) is 22.5 Å². The van der Waals surface area contributed by atoms with Gasteiger partial charge < -0.3 is 56.3 Å². The molecule has 22 heteroatoms. The molecule has 0 aliphatic rings. The lowest BCUT2D eigenvalue weighted by molar-refractivity contribution is 0.0518. The van der Waals surface area contributed by atoms with E-state index in [9.17, 15) is 43.8 Å². The molecule has 278 valence electrons. The number of thiophene rings is 3. The van der Waals surface area contributed by atoms with Crippen molar-refractivity contribution < 1.29 is 80.3 Å². The summed E-state index contributed by atoms with van der Waals surface area (Å²) in [4.78, 5) is 76.9. The molecule has 0 aliphatic carbocycles. The smallest absolute Gasteiger partial charge is 0.503 e. The molecule has 0 aromatic carbocycles. The number of hydrogen-bond acceptors (Lipinski definition) is 22. The van der Waals surface area contributed by atoms with Crippen LogP contribution in [0.25, 0.3) is 22.3 Å². The lowest BCUT2D eigenvalue weighted by Gasteiger charge is -1.97. The Kier molecular flexibility index (Phi) is 16.4. The number of esters is 4. The van der Waals surface area contributed by atoms with Crippen LogP contribution in [0.3, 0.4) is 0 Å². The van der Waals surface area contributed by atoms with E-state index in [2.05, 4.69) is 27.8 Å². The van der Waals surface area contributed by atoms with Gasteiger partial charge in [0.2, 0.25) is 11.2 Å². The largest absolute Gasteiger partial charge is 0.519 e. The van der Waals surface area contributed by atoms with Gasteiger partial charge in [0.1, 0.15) is 0 Å². The molecule has 2 N–H and O–H groups in total. The molecule has 5 rings (SSSR count). The molecule has 51 heavy (non-hydrogen) atoms. The molecule has 5 aromatic rings. The van der Waals surface area contributed by atoms with E-state index in [1.165, 1.54) is 25.6 Å². The predicted octanol–water partition coefficient (Wildman–Crippen LogP) is 5.16. The van der Waals surface area contributed by atoms with Crippen molar-refractivity contribution in [2.45, 2.75) is 27.7 Å². The fourth-order valence-electron chi connectivity index (χ4n) is 3.23. The van der Waals surface area contributed by atoms with Crippen LogP contribution in [0.1, 0.15) is 66.4 Å². The van der Waals surface area contributed by atoms with Gasteiger partial charge in [0.05, 0.1) is 40.6 Å². The van der Waals surface area contributed by atoms with Crippen molar-refractivity contribution >= 4 is 86.4 Å². The zero-order chi connectivity index (χ0) is 38.2. The number of carbonyl (C=O) groups is 5. The van der Waals surface area contributed by atoms with Crippen LogP contribution in [0.5, 0.6) is 11.5 Å². The molecule has 5 aromatic heterocycles. The van der Waals surface area contributed by atoms with Gasteiger partial charge in [-0.3, -0.25) is 0 Å². The normalized spacial score (nSPS) is 10.0. The van der Waals surface area contributed by atoms with E-state index in [4.69, 9.17) is 18.3 Å². The Balaban J connectivity index is 0.000000256. The summed E-state index contributed by atoms with van der Waals surface area (Å²) in [6.07, 6.45) is -0.657. The van der Waals surface area contributed by atoms with Gasteiger partial charge in [-0.2, -0.15) is 0 Å². The lowest BCUT2D eigenvalue weighted by atomic mass is 10.3. The maximum absolute atomic E-state index is 11.7. The summed E-state index contributed by atoms with van der Waals surface area (Å²) in [6.45, 7) is 7.08.